The van der Waals surface area contributed by atoms with Crippen molar-refractivity contribution in [1.82, 2.24) is 14.5 Å². The van der Waals surface area contributed by atoms with Crippen LogP contribution in [0.4, 0.5) is 0 Å². The van der Waals surface area contributed by atoms with Gasteiger partial charge in [-0.25, -0.2) is 4.98 Å². The third-order valence-corrected chi connectivity index (χ3v) is 4.42. The standard InChI is InChI=1S/C17H21N3O3/c1-23-11-16(21)19-8-6-13(7-9-19)10-20-12-18-15-5-3-2-4-14(15)17(20)22/h2-5,12-13H,6-11H2,1H3. The summed E-state index contributed by atoms with van der Waals surface area (Å²) in [4.78, 5) is 30.5. The van der Waals surface area contributed by atoms with E-state index < -0.39 is 0 Å². The van der Waals surface area contributed by atoms with Crippen LogP contribution >= 0.6 is 0 Å². The van der Waals surface area contributed by atoms with E-state index in [4.69, 9.17) is 4.74 Å². The second kappa shape index (κ2) is 6.91. The number of ether oxygens (including phenoxy) is 1. The highest BCUT2D eigenvalue weighted by Crippen LogP contribution is 2.19. The Kier molecular flexibility index (Phi) is 4.71. The van der Waals surface area contributed by atoms with Gasteiger partial charge in [0.05, 0.1) is 17.2 Å². The molecule has 0 N–H and O–H groups in total. The summed E-state index contributed by atoms with van der Waals surface area (Å²) < 4.78 is 6.59. The fraction of sp³-hybridized carbons (Fsp3) is 0.471. The molecule has 3 rings (SSSR count). The number of benzene rings is 1. The number of hydrogen-bond acceptors (Lipinski definition) is 4. The number of aromatic nitrogens is 2. The minimum absolute atomic E-state index is 0.00786. The lowest BCUT2D eigenvalue weighted by molar-refractivity contribution is -0.136. The third-order valence-electron chi connectivity index (χ3n) is 4.42. The molecule has 2 heterocycles. The number of carbonyl (C=O) groups excluding carboxylic acids is 1. The van der Waals surface area contributed by atoms with E-state index in [0.29, 0.717) is 17.8 Å². The van der Waals surface area contributed by atoms with E-state index in [2.05, 4.69) is 4.98 Å². The van der Waals surface area contributed by atoms with Crippen molar-refractivity contribution in [3.8, 4) is 0 Å². The smallest absolute Gasteiger partial charge is 0.261 e. The highest BCUT2D eigenvalue weighted by Gasteiger charge is 2.23. The van der Waals surface area contributed by atoms with Gasteiger partial charge in [-0.05, 0) is 30.9 Å². The van der Waals surface area contributed by atoms with Gasteiger partial charge in [-0.15, -0.1) is 0 Å². The summed E-state index contributed by atoms with van der Waals surface area (Å²) in [5.41, 5.74) is 0.738. The predicted molar refractivity (Wildman–Crippen MR) is 87.2 cm³/mol. The Morgan fingerprint density at radius 1 is 1.30 bits per heavy atom. The van der Waals surface area contributed by atoms with E-state index in [1.807, 2.05) is 29.2 Å². The first-order chi connectivity index (χ1) is 11.2. The lowest BCUT2D eigenvalue weighted by Crippen LogP contribution is -2.41. The van der Waals surface area contributed by atoms with Gasteiger partial charge in [0.1, 0.15) is 6.61 Å². The van der Waals surface area contributed by atoms with Crippen LogP contribution in [0.5, 0.6) is 0 Å². The number of hydrogen-bond donors (Lipinski definition) is 0. The van der Waals surface area contributed by atoms with Crippen LogP contribution in [0, 0.1) is 5.92 Å². The molecule has 0 spiro atoms. The maximum Gasteiger partial charge on any atom is 0.261 e. The van der Waals surface area contributed by atoms with Gasteiger partial charge in [-0.1, -0.05) is 12.1 Å². The van der Waals surface area contributed by atoms with Crippen molar-refractivity contribution in [3.63, 3.8) is 0 Å². The molecule has 0 saturated carbocycles. The van der Waals surface area contributed by atoms with Gasteiger partial charge in [-0.2, -0.15) is 0 Å². The van der Waals surface area contributed by atoms with Gasteiger partial charge in [0, 0.05) is 26.7 Å². The average Bonchev–Trinajstić information content (AvgIpc) is 2.58. The fourth-order valence-corrected chi connectivity index (χ4v) is 3.09. The number of carbonyl (C=O) groups is 1. The average molecular weight is 315 g/mol. The molecule has 6 nitrogen and oxygen atoms in total. The molecule has 122 valence electrons. The molecule has 0 aliphatic carbocycles. The Morgan fingerprint density at radius 2 is 2.04 bits per heavy atom. The molecule has 1 aliphatic rings. The molecule has 0 radical (unpaired) electrons. The van der Waals surface area contributed by atoms with E-state index in [1.165, 1.54) is 7.11 Å². The van der Waals surface area contributed by atoms with Crippen LogP contribution in [-0.2, 0) is 16.1 Å². The van der Waals surface area contributed by atoms with Gasteiger partial charge >= 0.3 is 0 Å². The number of piperidine rings is 1. The molecule has 1 aromatic carbocycles. The Morgan fingerprint density at radius 3 is 2.78 bits per heavy atom. The Balaban J connectivity index is 1.66. The number of nitrogens with zero attached hydrogens (tertiary/aromatic N) is 3. The summed E-state index contributed by atoms with van der Waals surface area (Å²) in [6.07, 6.45) is 3.43. The molecule has 1 fully saturated rings. The Hall–Kier alpha value is -2.21. The summed E-state index contributed by atoms with van der Waals surface area (Å²) in [6, 6.07) is 7.40. The summed E-state index contributed by atoms with van der Waals surface area (Å²) in [6.45, 7) is 2.24. The first-order valence-electron chi connectivity index (χ1n) is 7.90. The zero-order chi connectivity index (χ0) is 16.2. The minimum Gasteiger partial charge on any atom is -0.375 e. The highest BCUT2D eigenvalue weighted by atomic mass is 16.5. The van der Waals surface area contributed by atoms with Crippen LogP contribution in [0.15, 0.2) is 35.4 Å². The van der Waals surface area contributed by atoms with Crippen molar-refractivity contribution in [2.45, 2.75) is 19.4 Å². The van der Waals surface area contributed by atoms with Gasteiger partial charge < -0.3 is 9.64 Å². The van der Waals surface area contributed by atoms with Crippen LogP contribution in [0.25, 0.3) is 10.9 Å². The van der Waals surface area contributed by atoms with Crippen LogP contribution < -0.4 is 5.56 Å². The largest absolute Gasteiger partial charge is 0.375 e. The van der Waals surface area contributed by atoms with Crippen molar-refractivity contribution < 1.29 is 9.53 Å². The molecular weight excluding hydrogens is 294 g/mol. The first-order valence-corrected chi connectivity index (χ1v) is 7.90. The topological polar surface area (TPSA) is 64.4 Å². The molecule has 6 heteroatoms. The lowest BCUT2D eigenvalue weighted by atomic mass is 9.96. The quantitative estimate of drug-likeness (QED) is 0.852. The lowest BCUT2D eigenvalue weighted by Gasteiger charge is -2.32. The molecule has 1 amide bonds. The van der Waals surface area contributed by atoms with Crippen molar-refractivity contribution >= 4 is 16.8 Å². The SMILES string of the molecule is COCC(=O)N1CCC(Cn2cnc3ccccc3c2=O)CC1. The summed E-state index contributed by atoms with van der Waals surface area (Å²) in [5.74, 6) is 0.428. The maximum atomic E-state index is 12.5. The van der Waals surface area contributed by atoms with Gasteiger partial charge in [0.15, 0.2) is 0 Å². The van der Waals surface area contributed by atoms with Gasteiger partial charge in [-0.3, -0.25) is 14.2 Å². The number of amides is 1. The van der Waals surface area contributed by atoms with Crippen molar-refractivity contribution in [2.24, 2.45) is 5.92 Å². The third kappa shape index (κ3) is 3.42. The molecule has 1 aromatic heterocycles. The summed E-state index contributed by atoms with van der Waals surface area (Å²) in [5, 5.41) is 0.655. The monoisotopic (exact) mass is 315 g/mol. The molecule has 0 atom stereocenters. The van der Waals surface area contributed by atoms with E-state index in [-0.39, 0.29) is 18.1 Å². The van der Waals surface area contributed by atoms with E-state index >= 15 is 0 Å². The van der Waals surface area contributed by atoms with Crippen LogP contribution in [0.2, 0.25) is 0 Å². The molecule has 0 unspecified atom stereocenters. The zero-order valence-corrected chi connectivity index (χ0v) is 13.3. The number of methoxy groups -OCH3 is 1. The van der Waals surface area contributed by atoms with Crippen LogP contribution in [0.1, 0.15) is 12.8 Å². The maximum absolute atomic E-state index is 12.5. The van der Waals surface area contributed by atoms with Crippen molar-refractivity contribution in [1.29, 1.82) is 0 Å². The van der Waals surface area contributed by atoms with Crippen LogP contribution in [0.3, 0.4) is 0 Å². The molecule has 2 aromatic rings. The molecule has 0 bridgehead atoms. The summed E-state index contributed by atoms with van der Waals surface area (Å²) in [7, 11) is 1.53. The second-order valence-electron chi connectivity index (χ2n) is 5.98. The van der Waals surface area contributed by atoms with Crippen LogP contribution in [-0.4, -0.2) is 47.2 Å². The zero-order valence-electron chi connectivity index (χ0n) is 13.3. The second-order valence-corrected chi connectivity index (χ2v) is 5.98. The molecular formula is C17H21N3O3. The number of rotatable bonds is 4. The van der Waals surface area contributed by atoms with E-state index in [0.717, 1.165) is 31.4 Å². The number of para-hydroxylation sites is 1. The molecule has 1 aliphatic heterocycles. The number of likely N-dealkylation sites (tertiary alicyclic amines) is 1. The Labute approximate surface area is 134 Å². The van der Waals surface area contributed by atoms with Gasteiger partial charge in [0.25, 0.3) is 5.56 Å². The highest BCUT2D eigenvalue weighted by molar-refractivity contribution is 5.77. The van der Waals surface area contributed by atoms with Gasteiger partial charge in [0.2, 0.25) is 5.91 Å². The Bertz CT molecular complexity index is 748. The normalized spacial score (nSPS) is 16.0. The number of fused-ring (bicyclic) bond motifs is 1. The molecule has 23 heavy (non-hydrogen) atoms. The first kappa shape index (κ1) is 15.7. The van der Waals surface area contributed by atoms with Crippen molar-refractivity contribution in [3.05, 3.63) is 40.9 Å². The predicted octanol–water partition coefficient (Wildman–Crippen LogP) is 1.28. The van der Waals surface area contributed by atoms with E-state index in [9.17, 15) is 9.59 Å². The fourth-order valence-electron chi connectivity index (χ4n) is 3.09. The molecule has 1 saturated heterocycles. The minimum atomic E-state index is 0.00786. The van der Waals surface area contributed by atoms with Crippen molar-refractivity contribution in [2.75, 3.05) is 26.8 Å². The summed E-state index contributed by atoms with van der Waals surface area (Å²) >= 11 is 0. The van der Waals surface area contributed by atoms with E-state index in [1.54, 1.807) is 10.9 Å².